The number of rotatable bonds is 5. The Morgan fingerprint density at radius 2 is 1.07 bits per heavy atom. The molecule has 0 aliphatic carbocycles. The van der Waals surface area contributed by atoms with Gasteiger partial charge in [0.25, 0.3) is 0 Å². The van der Waals surface area contributed by atoms with E-state index in [4.69, 9.17) is 9.72 Å². The summed E-state index contributed by atoms with van der Waals surface area (Å²) < 4.78 is 6.79. The first-order valence-corrected chi connectivity index (χ1v) is 14.9. The van der Waals surface area contributed by atoms with Gasteiger partial charge < -0.3 is 4.74 Å². The number of para-hydroxylation sites is 1. The Kier molecular flexibility index (Phi) is 7.94. The molecule has 2 nitrogen and oxygen atoms in total. The number of ether oxygens (including phenoxy) is 1. The maximum atomic E-state index is 5.77. The minimum absolute atomic E-state index is 0.0201. The second-order valence-electron chi connectivity index (χ2n) is 12.7. The van der Waals surface area contributed by atoms with E-state index >= 15 is 0 Å². The van der Waals surface area contributed by atoms with Crippen LogP contribution < -0.4 is 4.74 Å². The number of hydrogen-bond donors (Lipinski definition) is 0. The van der Waals surface area contributed by atoms with Crippen molar-refractivity contribution in [1.82, 2.24) is 4.98 Å². The van der Waals surface area contributed by atoms with Gasteiger partial charge in [0.05, 0.1) is 18.5 Å². The average molecular weight is 605 g/mol. The van der Waals surface area contributed by atoms with Gasteiger partial charge in [0, 0.05) is 15.6 Å². The van der Waals surface area contributed by atoms with Gasteiger partial charge in [-0.25, -0.2) is 4.98 Å². The predicted molar refractivity (Wildman–Crippen MR) is 178 cm³/mol. The second kappa shape index (κ2) is 11.3. The van der Waals surface area contributed by atoms with E-state index in [9.17, 15) is 0 Å². The zero-order chi connectivity index (χ0) is 29.4. The molecule has 5 rings (SSSR count). The van der Waals surface area contributed by atoms with E-state index in [-0.39, 0.29) is 10.8 Å². The summed E-state index contributed by atoms with van der Waals surface area (Å²) in [5.41, 5.74) is 11.2. The highest BCUT2D eigenvalue weighted by Crippen LogP contribution is 2.39. The Bertz CT molecular complexity index is 1660. The van der Waals surface area contributed by atoms with Crippen LogP contribution in [0.25, 0.3) is 44.8 Å². The minimum atomic E-state index is 0.0201. The lowest BCUT2D eigenvalue weighted by molar-refractivity contribution is 0.416. The summed E-state index contributed by atoms with van der Waals surface area (Å²) in [6.45, 7) is 13.7. The lowest BCUT2D eigenvalue weighted by Gasteiger charge is -2.26. The lowest BCUT2D eigenvalue weighted by atomic mass is 9.79. The molecule has 0 spiro atoms. The molecule has 0 aliphatic rings. The van der Waals surface area contributed by atoms with Crippen LogP contribution in [-0.2, 0) is 10.8 Å². The fourth-order valence-corrected chi connectivity index (χ4v) is 5.53. The maximum absolute atomic E-state index is 5.77. The van der Waals surface area contributed by atoms with Gasteiger partial charge in [0.2, 0.25) is 0 Å². The Morgan fingerprint density at radius 3 is 1.71 bits per heavy atom. The van der Waals surface area contributed by atoms with Gasteiger partial charge in [-0.15, -0.1) is 0 Å². The highest BCUT2D eigenvalue weighted by molar-refractivity contribution is 9.10. The van der Waals surface area contributed by atoms with Crippen LogP contribution >= 0.6 is 15.9 Å². The molecule has 0 saturated heterocycles. The monoisotopic (exact) mass is 603 g/mol. The van der Waals surface area contributed by atoms with E-state index in [0.717, 1.165) is 43.9 Å². The van der Waals surface area contributed by atoms with Crippen molar-refractivity contribution < 1.29 is 4.74 Å². The van der Waals surface area contributed by atoms with Crippen LogP contribution in [0.15, 0.2) is 108 Å². The Balaban J connectivity index is 1.78. The highest BCUT2D eigenvalue weighted by Gasteiger charge is 2.22. The van der Waals surface area contributed by atoms with Crippen LogP contribution in [0, 0.1) is 0 Å². The fourth-order valence-electron chi connectivity index (χ4n) is 5.03. The second-order valence-corrected chi connectivity index (χ2v) is 13.6. The standard InChI is InChI=1S/C38H38BrNO/c1-37(2,3)30-18-27(19-31(24-30)38(4,5)6)28-22-34(40-35(23-28)33-15-11-12-16-36(33)41-7)29-17-26(20-32(39)21-29)25-13-9-8-10-14-25/h8-24H,1-7H3. The van der Waals surface area contributed by atoms with E-state index in [2.05, 4.69) is 136 Å². The molecule has 0 bridgehead atoms. The lowest BCUT2D eigenvalue weighted by Crippen LogP contribution is -2.16. The topological polar surface area (TPSA) is 22.1 Å². The molecule has 0 atom stereocenters. The Labute approximate surface area is 253 Å². The molecular weight excluding hydrogens is 566 g/mol. The summed E-state index contributed by atoms with van der Waals surface area (Å²) in [5.74, 6) is 0.807. The van der Waals surface area contributed by atoms with E-state index < -0.39 is 0 Å². The van der Waals surface area contributed by atoms with Gasteiger partial charge in [-0.2, -0.15) is 0 Å². The number of halogens is 1. The van der Waals surface area contributed by atoms with Gasteiger partial charge in [0.15, 0.2) is 0 Å². The molecule has 0 aliphatic heterocycles. The van der Waals surface area contributed by atoms with Gasteiger partial charge in [-0.1, -0.05) is 118 Å². The number of methoxy groups -OCH3 is 1. The van der Waals surface area contributed by atoms with Crippen molar-refractivity contribution in [3.63, 3.8) is 0 Å². The fraction of sp³-hybridized carbons (Fsp3) is 0.237. The molecule has 0 radical (unpaired) electrons. The van der Waals surface area contributed by atoms with Crippen molar-refractivity contribution in [2.75, 3.05) is 7.11 Å². The first-order valence-electron chi connectivity index (χ1n) is 14.1. The van der Waals surface area contributed by atoms with E-state index in [1.54, 1.807) is 7.11 Å². The molecule has 0 fully saturated rings. The zero-order valence-corrected chi connectivity index (χ0v) is 26.6. The van der Waals surface area contributed by atoms with Gasteiger partial charge in [-0.05, 0) is 86.7 Å². The maximum Gasteiger partial charge on any atom is 0.128 e. The van der Waals surface area contributed by atoms with Crippen LogP contribution in [0.2, 0.25) is 0 Å². The zero-order valence-electron chi connectivity index (χ0n) is 25.0. The first kappa shape index (κ1) is 28.8. The van der Waals surface area contributed by atoms with Crippen molar-refractivity contribution in [2.45, 2.75) is 52.4 Å². The molecule has 0 saturated carbocycles. The molecule has 1 aromatic heterocycles. The van der Waals surface area contributed by atoms with Gasteiger partial charge >= 0.3 is 0 Å². The third-order valence-corrected chi connectivity index (χ3v) is 7.97. The van der Waals surface area contributed by atoms with Crippen LogP contribution in [-0.4, -0.2) is 12.1 Å². The van der Waals surface area contributed by atoms with Crippen molar-refractivity contribution in [3.05, 3.63) is 119 Å². The summed E-state index contributed by atoms with van der Waals surface area (Å²) in [6.07, 6.45) is 0. The molecule has 41 heavy (non-hydrogen) atoms. The molecule has 5 aromatic rings. The minimum Gasteiger partial charge on any atom is -0.496 e. The molecule has 0 unspecified atom stereocenters. The van der Waals surface area contributed by atoms with Crippen molar-refractivity contribution in [3.8, 4) is 50.5 Å². The summed E-state index contributed by atoms with van der Waals surface area (Å²) in [7, 11) is 1.71. The average Bonchev–Trinajstić information content (AvgIpc) is 2.96. The molecule has 0 amide bonds. The number of nitrogens with zero attached hydrogens (tertiary/aromatic N) is 1. The Morgan fingerprint density at radius 1 is 0.537 bits per heavy atom. The van der Waals surface area contributed by atoms with Crippen LogP contribution in [0.1, 0.15) is 52.7 Å². The van der Waals surface area contributed by atoms with Crippen molar-refractivity contribution in [1.29, 1.82) is 0 Å². The highest BCUT2D eigenvalue weighted by atomic mass is 79.9. The van der Waals surface area contributed by atoms with Crippen LogP contribution in [0.4, 0.5) is 0 Å². The SMILES string of the molecule is COc1ccccc1-c1cc(-c2cc(C(C)(C)C)cc(C(C)(C)C)c2)cc(-c2cc(Br)cc(-c3ccccc3)c2)n1. The normalized spacial score (nSPS) is 11.9. The third kappa shape index (κ3) is 6.47. The number of benzene rings is 4. The molecule has 1 heterocycles. The summed E-state index contributed by atoms with van der Waals surface area (Å²) in [5, 5.41) is 0. The number of hydrogen-bond acceptors (Lipinski definition) is 2. The van der Waals surface area contributed by atoms with Crippen molar-refractivity contribution in [2.24, 2.45) is 0 Å². The smallest absolute Gasteiger partial charge is 0.128 e. The van der Waals surface area contributed by atoms with E-state index in [0.29, 0.717) is 0 Å². The van der Waals surface area contributed by atoms with Gasteiger partial charge in [-0.3, -0.25) is 0 Å². The molecular formula is C38H38BrNO. The molecule has 208 valence electrons. The van der Waals surface area contributed by atoms with Crippen LogP contribution in [0.3, 0.4) is 0 Å². The summed E-state index contributed by atoms with van der Waals surface area (Å²) in [4.78, 5) is 5.23. The first-order chi connectivity index (χ1) is 19.4. The van der Waals surface area contributed by atoms with Gasteiger partial charge in [0.1, 0.15) is 5.75 Å². The van der Waals surface area contributed by atoms with Crippen molar-refractivity contribution >= 4 is 15.9 Å². The van der Waals surface area contributed by atoms with Crippen LogP contribution in [0.5, 0.6) is 5.75 Å². The summed E-state index contributed by atoms with van der Waals surface area (Å²) >= 11 is 3.77. The number of aromatic nitrogens is 1. The quantitative estimate of drug-likeness (QED) is 0.199. The third-order valence-electron chi connectivity index (χ3n) is 7.51. The molecule has 4 aromatic carbocycles. The Hall–Kier alpha value is -3.69. The molecule has 3 heteroatoms. The largest absolute Gasteiger partial charge is 0.496 e. The number of pyridine rings is 1. The van der Waals surface area contributed by atoms with E-state index in [1.807, 2.05) is 24.3 Å². The predicted octanol–water partition coefficient (Wildman–Crippen LogP) is 11.1. The van der Waals surface area contributed by atoms with E-state index in [1.165, 1.54) is 22.3 Å². The summed E-state index contributed by atoms with van der Waals surface area (Å²) in [6, 6.07) is 36.6. The molecule has 0 N–H and O–H groups in total.